The van der Waals surface area contributed by atoms with Crippen molar-refractivity contribution in [2.75, 3.05) is 11.1 Å². The van der Waals surface area contributed by atoms with Crippen LogP contribution in [0.25, 0.3) is 0 Å². The fourth-order valence-corrected chi connectivity index (χ4v) is 1.15. The van der Waals surface area contributed by atoms with E-state index < -0.39 is 0 Å². The largest absolute Gasteiger partial charge is 0.384 e. The average molecular weight is 207 g/mol. The predicted octanol–water partition coefficient (Wildman–Crippen LogP) is 2.04. The maximum absolute atomic E-state index is 11.5. The molecule has 0 bridgehead atoms. The third kappa shape index (κ3) is 3.97. The van der Waals surface area contributed by atoms with Gasteiger partial charge in [0, 0.05) is 6.42 Å². The molecule has 0 radical (unpaired) electrons. The Balaban J connectivity index is 2.48. The van der Waals surface area contributed by atoms with E-state index in [0.717, 1.165) is 6.42 Å². The van der Waals surface area contributed by atoms with Gasteiger partial charge in [-0.3, -0.25) is 4.79 Å². The Morgan fingerprint density at radius 3 is 2.87 bits per heavy atom. The summed E-state index contributed by atoms with van der Waals surface area (Å²) in [5.41, 5.74) is 6.13. The van der Waals surface area contributed by atoms with Gasteiger partial charge in [-0.15, -0.1) is 0 Å². The maximum atomic E-state index is 11.5. The van der Waals surface area contributed by atoms with Gasteiger partial charge in [0.25, 0.3) is 0 Å². The van der Waals surface area contributed by atoms with E-state index in [1.165, 1.54) is 0 Å². The number of nitrogens with two attached hydrogens (primary N) is 1. The predicted molar refractivity (Wildman–Crippen MR) is 61.4 cm³/mol. The lowest BCUT2D eigenvalue weighted by Crippen LogP contribution is -2.14. The van der Waals surface area contributed by atoms with Gasteiger partial charge in [0.2, 0.25) is 5.91 Å². The molecule has 1 rings (SSSR count). The molecule has 0 saturated heterocycles. The molecule has 15 heavy (non-hydrogen) atoms. The second-order valence-corrected chi connectivity index (χ2v) is 3.74. The summed E-state index contributed by atoms with van der Waals surface area (Å²) in [4.78, 5) is 15.4. The molecule has 1 unspecified atom stereocenters. The number of hydrogen-bond acceptors (Lipinski definition) is 3. The van der Waals surface area contributed by atoms with Crippen LogP contribution in [-0.2, 0) is 4.79 Å². The molecule has 0 aliphatic rings. The number of nitrogens with one attached hydrogen (secondary N) is 1. The lowest BCUT2D eigenvalue weighted by molar-refractivity contribution is -0.117. The maximum Gasteiger partial charge on any atom is 0.224 e. The number of nitrogen functional groups attached to an aromatic ring is 1. The van der Waals surface area contributed by atoms with Gasteiger partial charge in [-0.2, -0.15) is 0 Å². The first-order valence-corrected chi connectivity index (χ1v) is 5.13. The Hall–Kier alpha value is -1.58. The van der Waals surface area contributed by atoms with Gasteiger partial charge in [-0.05, 0) is 18.1 Å². The zero-order valence-corrected chi connectivity index (χ0v) is 9.16. The van der Waals surface area contributed by atoms with Gasteiger partial charge < -0.3 is 11.1 Å². The first-order chi connectivity index (χ1) is 7.11. The Bertz CT molecular complexity index is 321. The van der Waals surface area contributed by atoms with E-state index in [9.17, 15) is 4.79 Å². The van der Waals surface area contributed by atoms with Crippen LogP contribution < -0.4 is 11.1 Å². The highest BCUT2D eigenvalue weighted by atomic mass is 16.1. The Labute approximate surface area is 89.9 Å². The van der Waals surface area contributed by atoms with Crippen LogP contribution in [0.15, 0.2) is 18.3 Å². The van der Waals surface area contributed by atoms with Crippen LogP contribution >= 0.6 is 0 Å². The molecular formula is C11H17N3O. The van der Waals surface area contributed by atoms with E-state index in [1.54, 1.807) is 18.3 Å². The molecule has 1 aromatic rings. The second kappa shape index (κ2) is 5.34. The highest BCUT2D eigenvalue weighted by Crippen LogP contribution is 2.11. The SMILES string of the molecule is CCC(C)CC(=O)Nc1ccc(N)nc1. The summed E-state index contributed by atoms with van der Waals surface area (Å²) in [6.45, 7) is 4.13. The Morgan fingerprint density at radius 2 is 2.33 bits per heavy atom. The van der Waals surface area contributed by atoms with Crippen LogP contribution in [0.1, 0.15) is 26.7 Å². The van der Waals surface area contributed by atoms with E-state index >= 15 is 0 Å². The summed E-state index contributed by atoms with van der Waals surface area (Å²) < 4.78 is 0. The summed E-state index contributed by atoms with van der Waals surface area (Å²) in [6.07, 6.45) is 3.11. The first kappa shape index (κ1) is 11.5. The monoisotopic (exact) mass is 207 g/mol. The molecule has 1 atom stereocenters. The summed E-state index contributed by atoms with van der Waals surface area (Å²) in [6, 6.07) is 3.41. The summed E-state index contributed by atoms with van der Waals surface area (Å²) in [5.74, 6) is 0.887. The molecule has 4 nitrogen and oxygen atoms in total. The van der Waals surface area contributed by atoms with Crippen LogP contribution in [0.2, 0.25) is 0 Å². The van der Waals surface area contributed by atoms with Crippen molar-refractivity contribution in [3.63, 3.8) is 0 Å². The fourth-order valence-electron chi connectivity index (χ4n) is 1.15. The van der Waals surface area contributed by atoms with Gasteiger partial charge in [0.15, 0.2) is 0 Å². The average Bonchev–Trinajstić information content (AvgIpc) is 2.21. The number of amides is 1. The molecule has 4 heteroatoms. The molecule has 3 N–H and O–H groups in total. The summed E-state index contributed by atoms with van der Waals surface area (Å²) >= 11 is 0. The minimum absolute atomic E-state index is 0.0240. The lowest BCUT2D eigenvalue weighted by Gasteiger charge is -2.08. The number of hydrogen-bond donors (Lipinski definition) is 2. The van der Waals surface area contributed by atoms with Crippen molar-refractivity contribution in [3.05, 3.63) is 18.3 Å². The zero-order valence-electron chi connectivity index (χ0n) is 9.16. The van der Waals surface area contributed by atoms with E-state index in [1.807, 2.05) is 0 Å². The molecular weight excluding hydrogens is 190 g/mol. The normalized spacial score (nSPS) is 12.1. The van der Waals surface area contributed by atoms with Gasteiger partial charge in [0.05, 0.1) is 11.9 Å². The van der Waals surface area contributed by atoms with E-state index in [4.69, 9.17) is 5.73 Å². The van der Waals surface area contributed by atoms with Crippen molar-refractivity contribution in [3.8, 4) is 0 Å². The van der Waals surface area contributed by atoms with E-state index in [2.05, 4.69) is 24.1 Å². The molecule has 0 aliphatic carbocycles. The van der Waals surface area contributed by atoms with Crippen LogP contribution in [0, 0.1) is 5.92 Å². The van der Waals surface area contributed by atoms with Gasteiger partial charge in [-0.25, -0.2) is 4.98 Å². The highest BCUT2D eigenvalue weighted by molar-refractivity contribution is 5.90. The molecule has 82 valence electrons. The second-order valence-electron chi connectivity index (χ2n) is 3.74. The molecule has 0 saturated carbocycles. The molecule has 0 fully saturated rings. The van der Waals surface area contributed by atoms with Crippen molar-refractivity contribution in [2.24, 2.45) is 5.92 Å². The minimum Gasteiger partial charge on any atom is -0.384 e. The highest BCUT2D eigenvalue weighted by Gasteiger charge is 2.07. The van der Waals surface area contributed by atoms with Gasteiger partial charge in [-0.1, -0.05) is 20.3 Å². The number of carbonyl (C=O) groups is 1. The van der Waals surface area contributed by atoms with Crippen LogP contribution in [0.4, 0.5) is 11.5 Å². The number of rotatable bonds is 4. The fraction of sp³-hybridized carbons (Fsp3) is 0.455. The lowest BCUT2D eigenvalue weighted by atomic mass is 10.1. The van der Waals surface area contributed by atoms with Crippen LogP contribution in [-0.4, -0.2) is 10.9 Å². The molecule has 0 spiro atoms. The molecule has 1 amide bonds. The van der Waals surface area contributed by atoms with E-state index in [0.29, 0.717) is 23.8 Å². The van der Waals surface area contributed by atoms with Crippen molar-refractivity contribution < 1.29 is 4.79 Å². The molecule has 0 aliphatic heterocycles. The van der Waals surface area contributed by atoms with E-state index in [-0.39, 0.29) is 5.91 Å². The first-order valence-electron chi connectivity index (χ1n) is 5.13. The summed E-state index contributed by atoms with van der Waals surface area (Å²) in [5, 5.41) is 2.78. The van der Waals surface area contributed by atoms with Crippen molar-refractivity contribution in [1.82, 2.24) is 4.98 Å². The summed E-state index contributed by atoms with van der Waals surface area (Å²) in [7, 11) is 0. The minimum atomic E-state index is 0.0240. The zero-order chi connectivity index (χ0) is 11.3. The van der Waals surface area contributed by atoms with Crippen LogP contribution in [0.5, 0.6) is 0 Å². The Morgan fingerprint density at radius 1 is 1.60 bits per heavy atom. The molecule has 1 aromatic heterocycles. The number of aromatic nitrogens is 1. The number of anilines is 2. The van der Waals surface area contributed by atoms with Crippen molar-refractivity contribution in [2.45, 2.75) is 26.7 Å². The standard InChI is InChI=1S/C11H17N3O/c1-3-8(2)6-11(15)14-9-4-5-10(12)13-7-9/h4-5,7-8H,3,6H2,1-2H3,(H2,12,13)(H,14,15). The molecule has 0 aromatic carbocycles. The topological polar surface area (TPSA) is 68.0 Å². The number of carbonyl (C=O) groups excluding carboxylic acids is 1. The quantitative estimate of drug-likeness (QED) is 0.793. The van der Waals surface area contributed by atoms with Gasteiger partial charge >= 0.3 is 0 Å². The smallest absolute Gasteiger partial charge is 0.224 e. The third-order valence-electron chi connectivity index (χ3n) is 2.30. The third-order valence-corrected chi connectivity index (χ3v) is 2.30. The van der Waals surface area contributed by atoms with Gasteiger partial charge in [0.1, 0.15) is 5.82 Å². The Kier molecular flexibility index (Phi) is 4.09. The number of nitrogens with zero attached hydrogens (tertiary/aromatic N) is 1. The van der Waals surface area contributed by atoms with Crippen molar-refractivity contribution in [1.29, 1.82) is 0 Å². The van der Waals surface area contributed by atoms with Crippen LogP contribution in [0.3, 0.4) is 0 Å². The number of pyridine rings is 1. The molecule has 1 heterocycles. The van der Waals surface area contributed by atoms with Crippen molar-refractivity contribution >= 4 is 17.4 Å².